The molecule has 1 amide bonds. The molecule has 1 aliphatic rings. The van der Waals surface area contributed by atoms with Gasteiger partial charge in [-0.25, -0.2) is 0 Å². The van der Waals surface area contributed by atoms with E-state index in [9.17, 15) is 9.59 Å². The van der Waals surface area contributed by atoms with Gasteiger partial charge < -0.3 is 15.8 Å². The van der Waals surface area contributed by atoms with E-state index in [1.165, 1.54) is 7.11 Å². The Bertz CT molecular complexity index is 542. The molecule has 1 aromatic rings. The molecule has 1 aromatic carbocycles. The van der Waals surface area contributed by atoms with Crippen LogP contribution in [-0.4, -0.2) is 25.5 Å². The summed E-state index contributed by atoms with van der Waals surface area (Å²) < 4.78 is 4.66. The van der Waals surface area contributed by atoms with Crippen molar-refractivity contribution in [2.45, 2.75) is 32.2 Å². The molecular formula is C16H22N2O3. The zero-order valence-electron chi connectivity index (χ0n) is 12.5. The number of methoxy groups -OCH3 is 1. The molecule has 2 unspecified atom stereocenters. The van der Waals surface area contributed by atoms with Crippen LogP contribution < -0.4 is 11.1 Å². The molecule has 0 aromatic heterocycles. The molecule has 2 rings (SSSR count). The lowest BCUT2D eigenvalue weighted by Crippen LogP contribution is -2.32. The molecular weight excluding hydrogens is 268 g/mol. The first-order valence-electron chi connectivity index (χ1n) is 7.24. The van der Waals surface area contributed by atoms with Crippen LogP contribution in [0, 0.1) is 5.92 Å². The number of esters is 1. The summed E-state index contributed by atoms with van der Waals surface area (Å²) in [5.74, 6) is -0.121. The second kappa shape index (κ2) is 6.72. The Morgan fingerprint density at radius 3 is 2.95 bits per heavy atom. The standard InChI is InChI=1S/C16H22N2O3/c1-10(8-15(19)21-2)7-14(17)12-4-3-11-5-6-18-16(20)13(11)9-12/h3-4,9-10,14H,5-8,17H2,1-2H3,(H,18,20). The minimum Gasteiger partial charge on any atom is -0.469 e. The van der Waals surface area contributed by atoms with E-state index in [0.29, 0.717) is 19.4 Å². The number of fused-ring (bicyclic) bond motifs is 1. The van der Waals surface area contributed by atoms with Gasteiger partial charge in [-0.3, -0.25) is 9.59 Å². The molecule has 114 valence electrons. The second-order valence-corrected chi connectivity index (χ2v) is 5.65. The van der Waals surface area contributed by atoms with Crippen molar-refractivity contribution in [1.82, 2.24) is 5.32 Å². The number of carbonyl (C=O) groups excluding carboxylic acids is 2. The van der Waals surface area contributed by atoms with Crippen LogP contribution in [0.15, 0.2) is 18.2 Å². The van der Waals surface area contributed by atoms with Crippen molar-refractivity contribution < 1.29 is 14.3 Å². The van der Waals surface area contributed by atoms with Gasteiger partial charge in [0.1, 0.15) is 0 Å². The average Bonchev–Trinajstić information content (AvgIpc) is 2.47. The first kappa shape index (κ1) is 15.5. The largest absolute Gasteiger partial charge is 0.469 e. The summed E-state index contributed by atoms with van der Waals surface area (Å²) in [5.41, 5.74) is 8.93. The van der Waals surface area contributed by atoms with Crippen molar-refractivity contribution >= 4 is 11.9 Å². The van der Waals surface area contributed by atoms with Crippen LogP contribution in [0.4, 0.5) is 0 Å². The summed E-state index contributed by atoms with van der Waals surface area (Å²) in [5, 5.41) is 2.84. The molecule has 2 atom stereocenters. The Morgan fingerprint density at radius 1 is 1.48 bits per heavy atom. The first-order valence-corrected chi connectivity index (χ1v) is 7.24. The molecule has 0 radical (unpaired) electrons. The van der Waals surface area contributed by atoms with Crippen molar-refractivity contribution in [3.63, 3.8) is 0 Å². The SMILES string of the molecule is COC(=O)CC(C)CC(N)c1ccc2c(c1)C(=O)NCC2. The van der Waals surface area contributed by atoms with Gasteiger partial charge in [0.15, 0.2) is 0 Å². The second-order valence-electron chi connectivity index (χ2n) is 5.65. The van der Waals surface area contributed by atoms with Gasteiger partial charge in [0.05, 0.1) is 7.11 Å². The van der Waals surface area contributed by atoms with Crippen molar-refractivity contribution in [2.75, 3.05) is 13.7 Å². The summed E-state index contributed by atoms with van der Waals surface area (Å²) in [6.07, 6.45) is 1.89. The average molecular weight is 290 g/mol. The van der Waals surface area contributed by atoms with Gasteiger partial charge in [0.2, 0.25) is 0 Å². The quantitative estimate of drug-likeness (QED) is 0.806. The van der Waals surface area contributed by atoms with Crippen LogP contribution in [0.2, 0.25) is 0 Å². The number of benzene rings is 1. The first-order chi connectivity index (χ1) is 10.0. The lowest BCUT2D eigenvalue weighted by atomic mass is 9.91. The predicted molar refractivity (Wildman–Crippen MR) is 79.8 cm³/mol. The van der Waals surface area contributed by atoms with E-state index in [2.05, 4.69) is 10.1 Å². The topological polar surface area (TPSA) is 81.4 Å². The van der Waals surface area contributed by atoms with E-state index in [0.717, 1.165) is 23.1 Å². The van der Waals surface area contributed by atoms with Crippen LogP contribution in [0.25, 0.3) is 0 Å². The fraction of sp³-hybridized carbons (Fsp3) is 0.500. The van der Waals surface area contributed by atoms with Crippen LogP contribution in [0.5, 0.6) is 0 Å². The van der Waals surface area contributed by atoms with E-state index in [1.54, 1.807) is 0 Å². The number of carbonyl (C=O) groups is 2. The minimum absolute atomic E-state index is 0.0343. The summed E-state index contributed by atoms with van der Waals surface area (Å²) in [4.78, 5) is 23.1. The number of amides is 1. The molecule has 5 nitrogen and oxygen atoms in total. The number of rotatable bonds is 5. The lowest BCUT2D eigenvalue weighted by molar-refractivity contribution is -0.141. The van der Waals surface area contributed by atoms with Crippen LogP contribution in [0.3, 0.4) is 0 Å². The third-order valence-corrected chi connectivity index (χ3v) is 3.89. The molecule has 0 spiro atoms. The van der Waals surface area contributed by atoms with Crippen molar-refractivity contribution in [1.29, 1.82) is 0 Å². The highest BCUT2D eigenvalue weighted by atomic mass is 16.5. The zero-order valence-corrected chi connectivity index (χ0v) is 12.5. The Labute approximate surface area is 124 Å². The van der Waals surface area contributed by atoms with Gasteiger partial charge in [-0.15, -0.1) is 0 Å². The summed E-state index contributed by atoms with van der Waals surface area (Å²) >= 11 is 0. The molecule has 0 saturated heterocycles. The van der Waals surface area contributed by atoms with Gasteiger partial charge in [0, 0.05) is 24.6 Å². The molecule has 0 fully saturated rings. The summed E-state index contributed by atoms with van der Waals surface area (Å²) in [6, 6.07) is 5.64. The van der Waals surface area contributed by atoms with Crippen molar-refractivity contribution in [3.8, 4) is 0 Å². The summed E-state index contributed by atoms with van der Waals surface area (Å²) in [7, 11) is 1.39. The van der Waals surface area contributed by atoms with E-state index in [1.807, 2.05) is 25.1 Å². The number of hydrogen-bond acceptors (Lipinski definition) is 4. The maximum atomic E-state index is 11.9. The predicted octanol–water partition coefficient (Wildman–Crippen LogP) is 1.56. The van der Waals surface area contributed by atoms with Crippen LogP contribution >= 0.6 is 0 Å². The molecule has 0 bridgehead atoms. The third kappa shape index (κ3) is 3.82. The van der Waals surface area contributed by atoms with Crippen LogP contribution in [0.1, 0.15) is 47.3 Å². The fourth-order valence-corrected chi connectivity index (χ4v) is 2.68. The van der Waals surface area contributed by atoms with Crippen LogP contribution in [-0.2, 0) is 16.0 Å². The van der Waals surface area contributed by atoms with Gasteiger partial charge in [-0.2, -0.15) is 0 Å². The van der Waals surface area contributed by atoms with Gasteiger partial charge in [-0.1, -0.05) is 19.1 Å². The van der Waals surface area contributed by atoms with Gasteiger partial charge >= 0.3 is 5.97 Å². The van der Waals surface area contributed by atoms with Crippen molar-refractivity contribution in [3.05, 3.63) is 34.9 Å². The number of nitrogens with two attached hydrogens (primary N) is 1. The maximum absolute atomic E-state index is 11.9. The van der Waals surface area contributed by atoms with Gasteiger partial charge in [-0.05, 0) is 36.0 Å². The highest BCUT2D eigenvalue weighted by Gasteiger charge is 2.20. The molecule has 0 aliphatic carbocycles. The smallest absolute Gasteiger partial charge is 0.305 e. The molecule has 3 N–H and O–H groups in total. The highest BCUT2D eigenvalue weighted by molar-refractivity contribution is 5.96. The lowest BCUT2D eigenvalue weighted by Gasteiger charge is -2.21. The Kier molecular flexibility index (Phi) is 4.96. The highest BCUT2D eigenvalue weighted by Crippen LogP contribution is 2.24. The van der Waals surface area contributed by atoms with E-state index >= 15 is 0 Å². The molecule has 5 heteroatoms. The van der Waals surface area contributed by atoms with E-state index in [-0.39, 0.29) is 23.8 Å². The molecule has 1 aliphatic heterocycles. The number of ether oxygens (including phenoxy) is 1. The Morgan fingerprint density at radius 2 is 2.24 bits per heavy atom. The molecule has 21 heavy (non-hydrogen) atoms. The monoisotopic (exact) mass is 290 g/mol. The fourth-order valence-electron chi connectivity index (χ4n) is 2.68. The van der Waals surface area contributed by atoms with Crippen molar-refractivity contribution in [2.24, 2.45) is 11.7 Å². The normalized spacial score (nSPS) is 16.6. The van der Waals surface area contributed by atoms with E-state index in [4.69, 9.17) is 5.73 Å². The van der Waals surface area contributed by atoms with E-state index < -0.39 is 0 Å². The summed E-state index contributed by atoms with van der Waals surface area (Å²) in [6.45, 7) is 2.66. The third-order valence-electron chi connectivity index (χ3n) is 3.89. The minimum atomic E-state index is -0.223. The number of hydrogen-bond donors (Lipinski definition) is 2. The Hall–Kier alpha value is -1.88. The Balaban J connectivity index is 2.06. The van der Waals surface area contributed by atoms with Gasteiger partial charge in [0.25, 0.3) is 5.91 Å². The zero-order chi connectivity index (χ0) is 15.4. The maximum Gasteiger partial charge on any atom is 0.305 e. The number of nitrogens with one attached hydrogen (secondary N) is 1. The molecule has 1 heterocycles. The molecule has 0 saturated carbocycles.